The molecule has 0 aromatic heterocycles. The Labute approximate surface area is 148 Å². The first-order valence-corrected chi connectivity index (χ1v) is 9.17. The third-order valence-electron chi connectivity index (χ3n) is 3.83. The van der Waals surface area contributed by atoms with E-state index in [1.807, 2.05) is 37.3 Å². The predicted molar refractivity (Wildman–Crippen MR) is 96.2 cm³/mol. The number of sulfonamides is 1. The van der Waals surface area contributed by atoms with E-state index in [-0.39, 0.29) is 28.2 Å². The van der Waals surface area contributed by atoms with E-state index in [1.54, 1.807) is 6.07 Å². The molecule has 0 spiro atoms. The van der Waals surface area contributed by atoms with Gasteiger partial charge in [0.05, 0.1) is 13.2 Å². The van der Waals surface area contributed by atoms with Crippen molar-refractivity contribution in [1.29, 1.82) is 0 Å². The second-order valence-corrected chi connectivity index (χ2v) is 7.88. The Bertz CT molecular complexity index is 849. The van der Waals surface area contributed by atoms with Gasteiger partial charge in [-0.25, -0.2) is 12.7 Å². The minimum absolute atomic E-state index is 0.0417. The van der Waals surface area contributed by atoms with Crippen molar-refractivity contribution in [3.63, 3.8) is 0 Å². The largest absolute Gasteiger partial charge is 0.495 e. The summed E-state index contributed by atoms with van der Waals surface area (Å²) < 4.78 is 31.1. The highest BCUT2D eigenvalue weighted by Crippen LogP contribution is 2.27. The molecule has 0 fully saturated rings. The van der Waals surface area contributed by atoms with E-state index in [9.17, 15) is 13.2 Å². The van der Waals surface area contributed by atoms with Crippen molar-refractivity contribution in [3.8, 4) is 5.75 Å². The van der Waals surface area contributed by atoms with Gasteiger partial charge in [-0.05, 0) is 30.7 Å². The fourth-order valence-corrected chi connectivity index (χ4v) is 3.40. The number of hydrogen-bond acceptors (Lipinski definition) is 4. The smallest absolute Gasteiger partial charge is 0.251 e. The van der Waals surface area contributed by atoms with E-state index >= 15 is 0 Å². The fraction of sp³-hybridized carbons (Fsp3) is 0.278. The number of ether oxygens (including phenoxy) is 1. The number of carbonyl (C=O) groups excluding carboxylic acids is 1. The Hall–Kier alpha value is -2.38. The van der Waals surface area contributed by atoms with Crippen LogP contribution in [0.1, 0.15) is 28.9 Å². The highest BCUT2D eigenvalue weighted by atomic mass is 32.2. The second-order valence-electron chi connectivity index (χ2n) is 5.76. The van der Waals surface area contributed by atoms with E-state index in [2.05, 4.69) is 5.32 Å². The molecular formula is C18H22N2O4S. The molecule has 1 N–H and O–H groups in total. The van der Waals surface area contributed by atoms with Gasteiger partial charge in [-0.1, -0.05) is 30.3 Å². The SMILES string of the molecule is COc1ccc(C(=O)N[C@@H](C)c2ccccc2)cc1S(=O)(=O)N(C)C. The van der Waals surface area contributed by atoms with E-state index in [1.165, 1.54) is 33.3 Å². The number of rotatable bonds is 6. The van der Waals surface area contributed by atoms with Crippen LogP contribution in [-0.2, 0) is 10.0 Å². The number of amides is 1. The molecule has 0 saturated carbocycles. The Morgan fingerprint density at radius 1 is 1.12 bits per heavy atom. The first-order chi connectivity index (χ1) is 11.8. The zero-order valence-corrected chi connectivity index (χ0v) is 15.5. The van der Waals surface area contributed by atoms with Crippen LogP contribution in [0.5, 0.6) is 5.75 Å². The molecule has 0 heterocycles. The monoisotopic (exact) mass is 362 g/mol. The van der Waals surface area contributed by atoms with Crippen LogP contribution in [0.25, 0.3) is 0 Å². The third kappa shape index (κ3) is 4.18. The summed E-state index contributed by atoms with van der Waals surface area (Å²) in [6.07, 6.45) is 0. The number of methoxy groups -OCH3 is 1. The molecule has 1 atom stereocenters. The summed E-state index contributed by atoms with van der Waals surface area (Å²) in [7, 11) is 0.521. The predicted octanol–water partition coefficient (Wildman–Crippen LogP) is 2.44. The lowest BCUT2D eigenvalue weighted by Crippen LogP contribution is -2.27. The Kier molecular flexibility index (Phi) is 5.81. The minimum Gasteiger partial charge on any atom is -0.495 e. The molecule has 1 amide bonds. The third-order valence-corrected chi connectivity index (χ3v) is 5.67. The molecule has 0 aliphatic heterocycles. The summed E-state index contributed by atoms with van der Waals surface area (Å²) in [5, 5.41) is 2.87. The molecule has 2 aromatic rings. The van der Waals surface area contributed by atoms with Crippen LogP contribution >= 0.6 is 0 Å². The van der Waals surface area contributed by atoms with Gasteiger partial charge < -0.3 is 10.1 Å². The highest BCUT2D eigenvalue weighted by Gasteiger charge is 2.24. The Morgan fingerprint density at radius 2 is 1.76 bits per heavy atom. The van der Waals surface area contributed by atoms with Crippen LogP contribution in [0.15, 0.2) is 53.4 Å². The summed E-state index contributed by atoms with van der Waals surface area (Å²) in [5.41, 5.74) is 1.22. The number of hydrogen-bond donors (Lipinski definition) is 1. The van der Waals surface area contributed by atoms with Gasteiger partial charge in [0.15, 0.2) is 0 Å². The normalized spacial score (nSPS) is 12.7. The highest BCUT2D eigenvalue weighted by molar-refractivity contribution is 7.89. The van der Waals surface area contributed by atoms with Gasteiger partial charge in [-0.3, -0.25) is 4.79 Å². The molecule has 0 saturated heterocycles. The van der Waals surface area contributed by atoms with E-state index in [4.69, 9.17) is 4.74 Å². The topological polar surface area (TPSA) is 75.7 Å². The first kappa shape index (κ1) is 19.0. The Morgan fingerprint density at radius 3 is 2.32 bits per heavy atom. The lowest BCUT2D eigenvalue weighted by Gasteiger charge is -2.17. The quantitative estimate of drug-likeness (QED) is 0.856. The fourth-order valence-electron chi connectivity index (χ4n) is 2.32. The second kappa shape index (κ2) is 7.67. The van der Waals surface area contributed by atoms with Crippen molar-refractivity contribution in [2.24, 2.45) is 0 Å². The molecule has 6 nitrogen and oxygen atoms in total. The van der Waals surface area contributed by atoms with Crippen LogP contribution in [0.4, 0.5) is 0 Å². The van der Waals surface area contributed by atoms with E-state index in [0.717, 1.165) is 9.87 Å². The molecule has 134 valence electrons. The lowest BCUT2D eigenvalue weighted by atomic mass is 10.1. The van der Waals surface area contributed by atoms with Crippen LogP contribution in [0.2, 0.25) is 0 Å². The van der Waals surface area contributed by atoms with Gasteiger partial charge in [0.1, 0.15) is 10.6 Å². The molecule has 0 aliphatic carbocycles. The number of nitrogens with one attached hydrogen (secondary N) is 1. The van der Waals surface area contributed by atoms with E-state index in [0.29, 0.717) is 0 Å². The summed E-state index contributed by atoms with van der Waals surface area (Å²) in [4.78, 5) is 12.5. The maximum Gasteiger partial charge on any atom is 0.251 e. The number of carbonyl (C=O) groups is 1. The average molecular weight is 362 g/mol. The van der Waals surface area contributed by atoms with Crippen molar-refractivity contribution in [3.05, 3.63) is 59.7 Å². The van der Waals surface area contributed by atoms with Crippen LogP contribution < -0.4 is 10.1 Å². The van der Waals surface area contributed by atoms with Gasteiger partial charge in [0, 0.05) is 19.7 Å². The molecule has 0 aliphatic rings. The zero-order valence-electron chi connectivity index (χ0n) is 14.7. The molecule has 7 heteroatoms. The first-order valence-electron chi connectivity index (χ1n) is 7.73. The molecular weight excluding hydrogens is 340 g/mol. The van der Waals surface area contributed by atoms with Crippen molar-refractivity contribution in [2.45, 2.75) is 17.9 Å². The summed E-state index contributed by atoms with van der Waals surface area (Å²) in [5.74, 6) is -0.157. The number of nitrogens with zero attached hydrogens (tertiary/aromatic N) is 1. The van der Waals surface area contributed by atoms with Gasteiger partial charge >= 0.3 is 0 Å². The van der Waals surface area contributed by atoms with Gasteiger partial charge in [-0.2, -0.15) is 0 Å². The molecule has 0 unspecified atom stereocenters. The minimum atomic E-state index is -3.73. The van der Waals surface area contributed by atoms with Crippen molar-refractivity contribution in [1.82, 2.24) is 9.62 Å². The van der Waals surface area contributed by atoms with Crippen molar-refractivity contribution < 1.29 is 17.9 Å². The van der Waals surface area contributed by atoms with Crippen LogP contribution in [0, 0.1) is 0 Å². The zero-order chi connectivity index (χ0) is 18.6. The maximum absolute atomic E-state index is 12.5. The molecule has 0 bridgehead atoms. The average Bonchev–Trinajstić information content (AvgIpc) is 2.61. The summed E-state index contributed by atoms with van der Waals surface area (Å²) in [6.45, 7) is 1.87. The maximum atomic E-state index is 12.5. The van der Waals surface area contributed by atoms with Gasteiger partial charge in [-0.15, -0.1) is 0 Å². The standard InChI is InChI=1S/C18H22N2O4S/c1-13(14-8-6-5-7-9-14)19-18(21)15-10-11-16(24-4)17(12-15)25(22,23)20(2)3/h5-13H,1-4H3,(H,19,21)/t13-/m0/s1. The number of benzene rings is 2. The Balaban J connectivity index is 2.32. The van der Waals surface area contributed by atoms with Crippen LogP contribution in [0.3, 0.4) is 0 Å². The van der Waals surface area contributed by atoms with Gasteiger partial charge in [0.2, 0.25) is 10.0 Å². The molecule has 2 aromatic carbocycles. The van der Waals surface area contributed by atoms with Crippen LogP contribution in [-0.4, -0.2) is 39.8 Å². The van der Waals surface area contributed by atoms with Crippen molar-refractivity contribution in [2.75, 3.05) is 21.2 Å². The van der Waals surface area contributed by atoms with Gasteiger partial charge in [0.25, 0.3) is 5.91 Å². The molecule has 25 heavy (non-hydrogen) atoms. The van der Waals surface area contributed by atoms with E-state index < -0.39 is 10.0 Å². The lowest BCUT2D eigenvalue weighted by molar-refractivity contribution is 0.0939. The summed E-state index contributed by atoms with van der Waals surface area (Å²) in [6, 6.07) is 13.7. The van der Waals surface area contributed by atoms with Crippen molar-refractivity contribution >= 4 is 15.9 Å². The molecule has 2 rings (SSSR count). The molecule has 0 radical (unpaired) electrons. The summed E-state index contributed by atoms with van der Waals surface area (Å²) >= 11 is 0.